The number of hydrogen-bond acceptors (Lipinski definition) is 7. The van der Waals surface area contributed by atoms with Gasteiger partial charge in [-0.3, -0.25) is 18.9 Å². The van der Waals surface area contributed by atoms with Crippen LogP contribution >= 0.6 is 0 Å². The number of allylic oxidation sites excluding steroid dienone is 4. The van der Waals surface area contributed by atoms with Crippen LogP contribution in [0.3, 0.4) is 0 Å². The number of esters is 1. The Hall–Kier alpha value is -1.91. The van der Waals surface area contributed by atoms with Crippen LogP contribution in [0.1, 0.15) is 46.5 Å². The van der Waals surface area contributed by atoms with Crippen LogP contribution in [0.15, 0.2) is 23.8 Å². The molecule has 0 radical (unpaired) electrons. The van der Waals surface area contributed by atoms with E-state index < -0.39 is 63.9 Å². The standard InChI is InChI=1S/C25H33FO8S/c1-13-8-16-15-10-18(26)17-9-14(27)4-6-24(17,2)23(15)19(28)11-25(16,3)22(13)20(29)12-34-21(30)5-7-35(31,32)33/h4,6,9,13,15-16,18-19,22-23,28H,5,7-8,10-12H2,1-3H3,(H,31,32,33)/t13?,15-,16-,18?,19?,22+,23+,24-,25-/m0/s1. The van der Waals surface area contributed by atoms with Crippen molar-refractivity contribution in [3.63, 3.8) is 0 Å². The number of ether oxygens (including phenoxy) is 1. The van der Waals surface area contributed by atoms with E-state index >= 15 is 4.39 Å². The fraction of sp³-hybridized carbons (Fsp3) is 0.720. The number of carbonyl (C=O) groups excluding carboxylic acids is 3. The molecule has 3 unspecified atom stereocenters. The summed E-state index contributed by atoms with van der Waals surface area (Å²) in [4.78, 5) is 37.0. The van der Waals surface area contributed by atoms with Gasteiger partial charge < -0.3 is 9.84 Å². The third-order valence-corrected chi connectivity index (χ3v) is 9.82. The molecule has 3 saturated carbocycles. The lowest BCUT2D eigenvalue weighted by Gasteiger charge is -2.59. The van der Waals surface area contributed by atoms with E-state index in [2.05, 4.69) is 0 Å². The highest BCUT2D eigenvalue weighted by Crippen LogP contribution is 2.67. The Bertz CT molecular complexity index is 1100. The minimum atomic E-state index is -4.32. The van der Waals surface area contributed by atoms with Gasteiger partial charge >= 0.3 is 5.97 Å². The van der Waals surface area contributed by atoms with Crippen LogP contribution in [0.2, 0.25) is 0 Å². The van der Waals surface area contributed by atoms with E-state index in [9.17, 15) is 27.9 Å². The molecule has 4 rings (SSSR count). The number of hydrogen-bond donors (Lipinski definition) is 2. The lowest BCUT2D eigenvalue weighted by molar-refractivity contribution is -0.154. The normalized spacial score (nSPS) is 42.5. The highest BCUT2D eigenvalue weighted by molar-refractivity contribution is 7.85. The first-order valence-electron chi connectivity index (χ1n) is 12.1. The molecule has 194 valence electrons. The smallest absolute Gasteiger partial charge is 0.307 e. The first-order valence-corrected chi connectivity index (χ1v) is 13.7. The Morgan fingerprint density at radius 3 is 2.60 bits per heavy atom. The zero-order chi connectivity index (χ0) is 25.9. The second kappa shape index (κ2) is 8.88. The summed E-state index contributed by atoms with van der Waals surface area (Å²) in [6.45, 7) is 5.25. The Kier molecular flexibility index (Phi) is 6.64. The Morgan fingerprint density at radius 2 is 1.94 bits per heavy atom. The van der Waals surface area contributed by atoms with E-state index in [4.69, 9.17) is 9.29 Å². The van der Waals surface area contributed by atoms with Gasteiger partial charge in [0.1, 0.15) is 12.8 Å². The molecule has 0 aromatic carbocycles. The maximum Gasteiger partial charge on any atom is 0.307 e. The number of halogens is 1. The second-order valence-corrected chi connectivity index (χ2v) is 12.8. The number of carbonyl (C=O) groups is 3. The van der Waals surface area contributed by atoms with Crippen molar-refractivity contribution in [2.75, 3.05) is 12.4 Å². The molecule has 0 amide bonds. The molecule has 0 aromatic heterocycles. The minimum Gasteiger partial charge on any atom is -0.458 e. The topological polar surface area (TPSA) is 135 Å². The average Bonchev–Trinajstić information content (AvgIpc) is 3.01. The summed E-state index contributed by atoms with van der Waals surface area (Å²) in [6.07, 6.45) is 3.05. The summed E-state index contributed by atoms with van der Waals surface area (Å²) in [5, 5.41) is 11.4. The van der Waals surface area contributed by atoms with Gasteiger partial charge in [-0.15, -0.1) is 0 Å². The molecule has 10 heteroatoms. The van der Waals surface area contributed by atoms with Crippen LogP contribution < -0.4 is 0 Å². The molecule has 0 aromatic rings. The van der Waals surface area contributed by atoms with Crippen LogP contribution in [-0.2, 0) is 29.2 Å². The van der Waals surface area contributed by atoms with Gasteiger partial charge in [0.2, 0.25) is 0 Å². The fourth-order valence-corrected chi connectivity index (χ4v) is 8.34. The summed E-state index contributed by atoms with van der Waals surface area (Å²) in [5.74, 6) is -3.32. The summed E-state index contributed by atoms with van der Waals surface area (Å²) >= 11 is 0. The molecule has 0 heterocycles. The lowest BCUT2D eigenvalue weighted by atomic mass is 9.46. The molecular weight excluding hydrogens is 479 g/mol. The van der Waals surface area contributed by atoms with E-state index in [1.165, 1.54) is 12.2 Å². The molecule has 8 nitrogen and oxygen atoms in total. The number of alkyl halides is 1. The van der Waals surface area contributed by atoms with Crippen LogP contribution in [0.5, 0.6) is 0 Å². The number of rotatable bonds is 6. The molecule has 4 aliphatic carbocycles. The molecule has 0 spiro atoms. The van der Waals surface area contributed by atoms with Gasteiger partial charge in [0.15, 0.2) is 11.6 Å². The third kappa shape index (κ3) is 4.53. The predicted octanol–water partition coefficient (Wildman–Crippen LogP) is 2.47. The van der Waals surface area contributed by atoms with Gasteiger partial charge in [-0.2, -0.15) is 8.42 Å². The van der Waals surface area contributed by atoms with E-state index in [0.29, 0.717) is 18.4 Å². The highest BCUT2D eigenvalue weighted by atomic mass is 32.2. The van der Waals surface area contributed by atoms with Crippen molar-refractivity contribution in [2.45, 2.75) is 58.7 Å². The van der Waals surface area contributed by atoms with E-state index in [1.54, 1.807) is 6.08 Å². The molecule has 9 atom stereocenters. The van der Waals surface area contributed by atoms with Gasteiger partial charge in [0, 0.05) is 17.3 Å². The second-order valence-electron chi connectivity index (χ2n) is 11.2. The summed E-state index contributed by atoms with van der Waals surface area (Å²) in [7, 11) is -4.32. The number of fused-ring (bicyclic) bond motifs is 5. The van der Waals surface area contributed by atoms with Crippen LogP contribution in [-0.4, -0.2) is 60.2 Å². The van der Waals surface area contributed by atoms with Gasteiger partial charge in [-0.25, -0.2) is 4.39 Å². The Morgan fingerprint density at radius 1 is 1.26 bits per heavy atom. The van der Waals surface area contributed by atoms with Crippen molar-refractivity contribution in [2.24, 2.45) is 40.4 Å². The lowest BCUT2D eigenvalue weighted by Crippen LogP contribution is -2.58. The average molecular weight is 513 g/mol. The maximum absolute atomic E-state index is 15.4. The van der Waals surface area contributed by atoms with Crippen LogP contribution in [0, 0.1) is 40.4 Å². The summed E-state index contributed by atoms with van der Waals surface area (Å²) in [5.41, 5.74) is -0.974. The molecule has 4 aliphatic rings. The highest BCUT2D eigenvalue weighted by Gasteiger charge is 2.65. The van der Waals surface area contributed by atoms with Gasteiger partial charge in [-0.05, 0) is 60.2 Å². The Balaban J connectivity index is 1.54. The van der Waals surface area contributed by atoms with Gasteiger partial charge in [0.05, 0.1) is 18.3 Å². The molecule has 35 heavy (non-hydrogen) atoms. The van der Waals surface area contributed by atoms with Crippen molar-refractivity contribution >= 4 is 27.7 Å². The number of Topliss-reactive ketones (excluding diaryl/α,β-unsaturated/α-hetero) is 1. The number of aliphatic hydroxyl groups excluding tert-OH is 1. The van der Waals surface area contributed by atoms with Crippen LogP contribution in [0.4, 0.5) is 4.39 Å². The molecule has 0 bridgehead atoms. The number of ketones is 2. The molecular formula is C25H33FO8S. The molecule has 3 fully saturated rings. The molecule has 0 saturated heterocycles. The first-order chi connectivity index (χ1) is 16.2. The minimum absolute atomic E-state index is 0.0299. The van der Waals surface area contributed by atoms with Crippen molar-refractivity contribution < 1.29 is 41.6 Å². The number of aliphatic hydroxyl groups is 1. The largest absolute Gasteiger partial charge is 0.458 e. The van der Waals surface area contributed by atoms with Crippen LogP contribution in [0.25, 0.3) is 0 Å². The summed E-state index contributed by atoms with van der Waals surface area (Å²) in [6, 6.07) is 0. The van der Waals surface area contributed by atoms with Gasteiger partial charge in [0.25, 0.3) is 10.1 Å². The quantitative estimate of drug-likeness (QED) is 0.409. The molecule has 0 aliphatic heterocycles. The monoisotopic (exact) mass is 512 g/mol. The zero-order valence-corrected chi connectivity index (χ0v) is 21.0. The molecule has 2 N–H and O–H groups in total. The van der Waals surface area contributed by atoms with Crippen molar-refractivity contribution in [1.82, 2.24) is 0 Å². The van der Waals surface area contributed by atoms with Crippen molar-refractivity contribution in [3.8, 4) is 0 Å². The van der Waals surface area contributed by atoms with E-state index in [0.717, 1.165) is 0 Å². The zero-order valence-electron chi connectivity index (χ0n) is 20.1. The summed E-state index contributed by atoms with van der Waals surface area (Å²) < 4.78 is 50.8. The Labute approximate surface area is 204 Å². The maximum atomic E-state index is 15.4. The van der Waals surface area contributed by atoms with E-state index in [-0.39, 0.29) is 41.7 Å². The van der Waals surface area contributed by atoms with Crippen molar-refractivity contribution in [1.29, 1.82) is 0 Å². The first kappa shape index (κ1) is 26.2. The van der Waals surface area contributed by atoms with E-state index in [1.807, 2.05) is 20.8 Å². The van der Waals surface area contributed by atoms with Crippen molar-refractivity contribution in [3.05, 3.63) is 23.8 Å². The third-order valence-electron chi connectivity index (χ3n) is 9.10. The SMILES string of the molecule is CC1C[C@H]2[C@@H]3CC(F)C4=CC(=O)C=C[C@]4(C)[C@H]3C(O)C[C@]2(C)[C@H]1C(=O)COC(=O)CCS(=O)(=O)O. The fourth-order valence-electron chi connectivity index (χ4n) is 7.91. The predicted molar refractivity (Wildman–Crippen MR) is 123 cm³/mol. The van der Waals surface area contributed by atoms with Gasteiger partial charge in [-0.1, -0.05) is 26.8 Å².